The second kappa shape index (κ2) is 7.94. The summed E-state index contributed by atoms with van der Waals surface area (Å²) in [6.07, 6.45) is 1.87. The number of aromatic nitrogens is 1. The predicted octanol–water partition coefficient (Wildman–Crippen LogP) is 3.62. The minimum atomic E-state index is -1.03. The average Bonchev–Trinajstić information content (AvgIpc) is 3.10. The monoisotopic (exact) mass is 370 g/mol. The number of hydrogen-bond donors (Lipinski definition) is 1. The van der Waals surface area contributed by atoms with Gasteiger partial charge in [-0.3, -0.25) is 9.59 Å². The minimum absolute atomic E-state index is 0.0258. The Morgan fingerprint density at radius 1 is 1.30 bits per heavy atom. The molecule has 0 aliphatic carbocycles. The molecule has 1 aliphatic rings. The van der Waals surface area contributed by atoms with Gasteiger partial charge in [-0.15, -0.1) is 0 Å². The number of carboxylic acids is 1. The van der Waals surface area contributed by atoms with Crippen LogP contribution in [0.2, 0.25) is 0 Å². The van der Waals surface area contributed by atoms with Crippen LogP contribution in [0.15, 0.2) is 40.9 Å². The molecule has 1 saturated heterocycles. The summed E-state index contributed by atoms with van der Waals surface area (Å²) in [5.74, 6) is -0.0733. The van der Waals surface area contributed by atoms with Gasteiger partial charge in [0.05, 0.1) is 5.41 Å². The number of likely N-dealkylation sites (tertiary alicyclic amines) is 1. The van der Waals surface area contributed by atoms with Crippen LogP contribution in [0, 0.1) is 11.3 Å². The third kappa shape index (κ3) is 4.38. The first-order chi connectivity index (χ1) is 12.9. The Balaban J connectivity index is 1.78. The maximum Gasteiger partial charge on any atom is 0.311 e. The van der Waals surface area contributed by atoms with Crippen LogP contribution in [-0.2, 0) is 16.0 Å². The molecule has 144 valence electrons. The lowest BCUT2D eigenvalue weighted by Crippen LogP contribution is -2.51. The second-order valence-electron chi connectivity index (χ2n) is 7.82. The molecule has 0 radical (unpaired) electrons. The summed E-state index contributed by atoms with van der Waals surface area (Å²) in [6, 6.07) is 11.4. The van der Waals surface area contributed by atoms with Crippen molar-refractivity contribution >= 4 is 11.9 Å². The number of amides is 1. The Labute approximate surface area is 159 Å². The molecule has 2 heterocycles. The highest BCUT2D eigenvalue weighted by molar-refractivity contribution is 5.80. The Hall–Kier alpha value is -2.63. The number of rotatable bonds is 6. The van der Waals surface area contributed by atoms with Gasteiger partial charge in [-0.1, -0.05) is 49.3 Å². The van der Waals surface area contributed by atoms with Gasteiger partial charge < -0.3 is 14.5 Å². The average molecular weight is 370 g/mol. The normalized spacial score (nSPS) is 20.0. The van der Waals surface area contributed by atoms with Gasteiger partial charge in [-0.05, 0) is 18.8 Å². The molecule has 3 rings (SSSR count). The summed E-state index contributed by atoms with van der Waals surface area (Å²) in [5.41, 5.74) is 0.585. The molecule has 1 N–H and O–H groups in total. The SMILES string of the molecule is CC(C)CC(=O)N1CCCC(Cc2cc(-c3ccccc3)no2)(C(=O)O)C1. The largest absolute Gasteiger partial charge is 0.481 e. The second-order valence-corrected chi connectivity index (χ2v) is 7.82. The Morgan fingerprint density at radius 2 is 2.04 bits per heavy atom. The van der Waals surface area contributed by atoms with Crippen molar-refractivity contribution in [3.05, 3.63) is 42.2 Å². The molecule has 6 heteroatoms. The fraction of sp³-hybridized carbons (Fsp3) is 0.476. The van der Waals surface area contributed by atoms with Gasteiger partial charge in [-0.25, -0.2) is 0 Å². The number of carboxylic acid groups (broad SMARTS) is 1. The van der Waals surface area contributed by atoms with Crippen molar-refractivity contribution in [3.8, 4) is 11.3 Å². The molecule has 0 bridgehead atoms. The van der Waals surface area contributed by atoms with E-state index in [1.165, 1.54) is 0 Å². The van der Waals surface area contributed by atoms with Crippen molar-refractivity contribution in [3.63, 3.8) is 0 Å². The summed E-state index contributed by atoms with van der Waals surface area (Å²) in [5, 5.41) is 14.0. The molecule has 1 amide bonds. The van der Waals surface area contributed by atoms with Crippen LogP contribution >= 0.6 is 0 Å². The first kappa shape index (κ1) is 19.1. The van der Waals surface area contributed by atoms with Gasteiger partial charge in [-0.2, -0.15) is 0 Å². The molecule has 1 aromatic carbocycles. The van der Waals surface area contributed by atoms with Crippen LogP contribution in [0.3, 0.4) is 0 Å². The van der Waals surface area contributed by atoms with E-state index in [9.17, 15) is 14.7 Å². The quantitative estimate of drug-likeness (QED) is 0.839. The van der Waals surface area contributed by atoms with E-state index in [0.717, 1.165) is 5.56 Å². The number of piperidine rings is 1. The van der Waals surface area contributed by atoms with Crippen LogP contribution < -0.4 is 0 Å². The zero-order chi connectivity index (χ0) is 19.4. The van der Waals surface area contributed by atoms with E-state index in [1.54, 1.807) is 11.0 Å². The molecule has 1 aliphatic heterocycles. The highest BCUT2D eigenvalue weighted by Crippen LogP contribution is 2.35. The Kier molecular flexibility index (Phi) is 5.63. The third-order valence-electron chi connectivity index (χ3n) is 5.11. The maximum atomic E-state index is 12.5. The van der Waals surface area contributed by atoms with Gasteiger partial charge >= 0.3 is 5.97 Å². The van der Waals surface area contributed by atoms with E-state index >= 15 is 0 Å². The Bertz CT molecular complexity index is 800. The van der Waals surface area contributed by atoms with E-state index in [0.29, 0.717) is 37.3 Å². The standard InChI is InChI=1S/C21H26N2O4/c1-15(2)11-19(24)23-10-6-9-21(14-23,20(25)26)13-17-12-18(22-27-17)16-7-4-3-5-8-16/h3-5,7-8,12,15H,6,9-11,13-14H2,1-2H3,(H,25,26). The highest BCUT2D eigenvalue weighted by Gasteiger charge is 2.44. The van der Waals surface area contributed by atoms with Crippen LogP contribution in [-0.4, -0.2) is 40.1 Å². The van der Waals surface area contributed by atoms with E-state index < -0.39 is 11.4 Å². The smallest absolute Gasteiger partial charge is 0.311 e. The molecular weight excluding hydrogens is 344 g/mol. The molecule has 6 nitrogen and oxygen atoms in total. The predicted molar refractivity (Wildman–Crippen MR) is 101 cm³/mol. The lowest BCUT2D eigenvalue weighted by Gasteiger charge is -2.39. The van der Waals surface area contributed by atoms with Crippen molar-refractivity contribution in [2.24, 2.45) is 11.3 Å². The molecule has 0 saturated carbocycles. The van der Waals surface area contributed by atoms with Crippen LogP contribution in [0.25, 0.3) is 11.3 Å². The van der Waals surface area contributed by atoms with E-state index in [-0.39, 0.29) is 24.8 Å². The zero-order valence-corrected chi connectivity index (χ0v) is 15.9. The maximum absolute atomic E-state index is 12.5. The molecule has 0 spiro atoms. The van der Waals surface area contributed by atoms with Gasteiger partial charge in [0.1, 0.15) is 11.5 Å². The lowest BCUT2D eigenvalue weighted by atomic mass is 9.76. The topological polar surface area (TPSA) is 83.6 Å². The van der Waals surface area contributed by atoms with Gasteiger partial charge in [0.15, 0.2) is 0 Å². The molecule has 27 heavy (non-hydrogen) atoms. The highest BCUT2D eigenvalue weighted by atomic mass is 16.5. The van der Waals surface area contributed by atoms with Gasteiger partial charge in [0.25, 0.3) is 0 Å². The number of carbonyl (C=O) groups is 2. The van der Waals surface area contributed by atoms with Gasteiger partial charge in [0, 0.05) is 37.6 Å². The molecule has 1 atom stereocenters. The molecule has 2 aromatic rings. The van der Waals surface area contributed by atoms with E-state index in [4.69, 9.17) is 4.52 Å². The number of aliphatic carboxylic acids is 1. The minimum Gasteiger partial charge on any atom is -0.481 e. The van der Waals surface area contributed by atoms with Crippen LogP contribution in [0.5, 0.6) is 0 Å². The summed E-state index contributed by atoms with van der Waals surface area (Å²) in [6.45, 7) is 4.82. The third-order valence-corrected chi connectivity index (χ3v) is 5.11. The fourth-order valence-electron chi connectivity index (χ4n) is 3.69. The summed E-state index contributed by atoms with van der Waals surface area (Å²) < 4.78 is 5.44. The molecular formula is C21H26N2O4. The first-order valence-electron chi connectivity index (χ1n) is 9.42. The lowest BCUT2D eigenvalue weighted by molar-refractivity contribution is -0.155. The van der Waals surface area contributed by atoms with Crippen LogP contribution in [0.1, 0.15) is 38.9 Å². The Morgan fingerprint density at radius 3 is 2.70 bits per heavy atom. The first-order valence-corrected chi connectivity index (χ1v) is 9.42. The van der Waals surface area contributed by atoms with E-state index in [2.05, 4.69) is 5.16 Å². The fourth-order valence-corrected chi connectivity index (χ4v) is 3.69. The molecule has 1 fully saturated rings. The molecule has 1 unspecified atom stereocenters. The number of nitrogens with zero attached hydrogens (tertiary/aromatic N) is 2. The number of hydrogen-bond acceptors (Lipinski definition) is 4. The number of carbonyl (C=O) groups excluding carboxylic acids is 1. The summed E-state index contributed by atoms with van der Waals surface area (Å²) >= 11 is 0. The van der Waals surface area contributed by atoms with Crippen LogP contribution in [0.4, 0.5) is 0 Å². The van der Waals surface area contributed by atoms with Gasteiger partial charge in [0.2, 0.25) is 5.91 Å². The van der Waals surface area contributed by atoms with Crippen molar-refractivity contribution in [2.45, 2.75) is 39.5 Å². The summed E-state index contributed by atoms with van der Waals surface area (Å²) in [7, 11) is 0. The summed E-state index contributed by atoms with van der Waals surface area (Å²) in [4.78, 5) is 26.3. The van der Waals surface area contributed by atoms with Crippen molar-refractivity contribution in [1.82, 2.24) is 10.1 Å². The molecule has 1 aromatic heterocycles. The van der Waals surface area contributed by atoms with E-state index in [1.807, 2.05) is 44.2 Å². The van der Waals surface area contributed by atoms with Crippen molar-refractivity contribution < 1.29 is 19.2 Å². The zero-order valence-electron chi connectivity index (χ0n) is 15.9. The van der Waals surface area contributed by atoms with Crippen molar-refractivity contribution in [1.29, 1.82) is 0 Å². The van der Waals surface area contributed by atoms with Crippen molar-refractivity contribution in [2.75, 3.05) is 13.1 Å². The number of benzene rings is 1.